The van der Waals surface area contributed by atoms with E-state index in [9.17, 15) is 4.79 Å². The van der Waals surface area contributed by atoms with E-state index < -0.39 is 5.97 Å². The van der Waals surface area contributed by atoms with Crippen LogP contribution in [0.1, 0.15) is 10.5 Å². The second-order valence-electron chi connectivity index (χ2n) is 2.82. The fraction of sp³-hybridized carbons (Fsp3) is 0. The predicted octanol–water partition coefficient (Wildman–Crippen LogP) is 1.77. The Morgan fingerprint density at radius 1 is 1.53 bits per heavy atom. The SMILES string of the molecule is O=C(O)c1[nH]ncc1-c1cc(I)ccn1. The molecule has 5 nitrogen and oxygen atoms in total. The Labute approximate surface area is 98.7 Å². The number of hydrogen-bond acceptors (Lipinski definition) is 3. The number of aromatic nitrogens is 3. The second-order valence-corrected chi connectivity index (χ2v) is 4.07. The van der Waals surface area contributed by atoms with Crippen LogP contribution in [-0.4, -0.2) is 26.3 Å². The van der Waals surface area contributed by atoms with Crippen molar-refractivity contribution in [2.24, 2.45) is 0 Å². The van der Waals surface area contributed by atoms with E-state index in [2.05, 4.69) is 37.8 Å². The molecular formula is C9H6IN3O2. The van der Waals surface area contributed by atoms with Crippen LogP contribution in [0.3, 0.4) is 0 Å². The molecule has 2 rings (SSSR count). The van der Waals surface area contributed by atoms with Crippen LogP contribution in [0.5, 0.6) is 0 Å². The number of pyridine rings is 1. The summed E-state index contributed by atoms with van der Waals surface area (Å²) in [6.45, 7) is 0. The van der Waals surface area contributed by atoms with Crippen LogP contribution >= 0.6 is 22.6 Å². The fourth-order valence-corrected chi connectivity index (χ4v) is 1.65. The number of H-pyrrole nitrogens is 1. The summed E-state index contributed by atoms with van der Waals surface area (Å²) in [6.07, 6.45) is 3.09. The number of carboxylic acids is 1. The van der Waals surface area contributed by atoms with Gasteiger partial charge in [0.1, 0.15) is 0 Å². The summed E-state index contributed by atoms with van der Waals surface area (Å²) < 4.78 is 0.995. The maximum Gasteiger partial charge on any atom is 0.354 e. The Kier molecular flexibility index (Phi) is 2.67. The van der Waals surface area contributed by atoms with Crippen LogP contribution in [-0.2, 0) is 0 Å². The maximum atomic E-state index is 10.8. The van der Waals surface area contributed by atoms with Crippen LogP contribution in [0.25, 0.3) is 11.3 Å². The summed E-state index contributed by atoms with van der Waals surface area (Å²) in [7, 11) is 0. The standard InChI is InChI=1S/C9H6IN3O2/c10-5-1-2-11-7(3-5)6-4-12-13-8(6)9(14)15/h1-4H,(H,12,13)(H,14,15). The molecule has 0 atom stereocenters. The summed E-state index contributed by atoms with van der Waals surface area (Å²) in [4.78, 5) is 14.9. The zero-order chi connectivity index (χ0) is 10.8. The van der Waals surface area contributed by atoms with Crippen molar-refractivity contribution in [1.82, 2.24) is 15.2 Å². The topological polar surface area (TPSA) is 78.9 Å². The molecule has 15 heavy (non-hydrogen) atoms. The average molecular weight is 315 g/mol. The monoisotopic (exact) mass is 315 g/mol. The Balaban J connectivity index is 2.54. The molecule has 0 bridgehead atoms. The molecule has 0 saturated heterocycles. The summed E-state index contributed by atoms with van der Waals surface area (Å²) in [6, 6.07) is 3.64. The van der Waals surface area contributed by atoms with Gasteiger partial charge in [-0.2, -0.15) is 5.10 Å². The highest BCUT2D eigenvalue weighted by molar-refractivity contribution is 14.1. The van der Waals surface area contributed by atoms with Crippen LogP contribution in [0.2, 0.25) is 0 Å². The molecule has 2 heterocycles. The van der Waals surface area contributed by atoms with Gasteiger partial charge in [0.25, 0.3) is 0 Å². The molecule has 0 aromatic carbocycles. The zero-order valence-corrected chi connectivity index (χ0v) is 9.59. The molecule has 0 spiro atoms. The van der Waals surface area contributed by atoms with Crippen molar-refractivity contribution in [2.75, 3.05) is 0 Å². The van der Waals surface area contributed by atoms with Gasteiger partial charge < -0.3 is 5.11 Å². The zero-order valence-electron chi connectivity index (χ0n) is 7.44. The van der Waals surface area contributed by atoms with Gasteiger partial charge in [-0.05, 0) is 34.7 Å². The van der Waals surface area contributed by atoms with Crippen LogP contribution in [0, 0.1) is 3.57 Å². The number of carbonyl (C=O) groups is 1. The van der Waals surface area contributed by atoms with Gasteiger partial charge in [0.2, 0.25) is 0 Å². The molecule has 0 amide bonds. The van der Waals surface area contributed by atoms with Gasteiger partial charge in [0.15, 0.2) is 5.69 Å². The third-order valence-corrected chi connectivity index (χ3v) is 2.52. The third kappa shape index (κ3) is 1.99. The van der Waals surface area contributed by atoms with Gasteiger partial charge in [0, 0.05) is 9.77 Å². The molecule has 0 aliphatic rings. The fourth-order valence-electron chi connectivity index (χ4n) is 1.20. The van der Waals surface area contributed by atoms with E-state index in [0.717, 1.165) is 3.57 Å². The normalized spacial score (nSPS) is 10.2. The van der Waals surface area contributed by atoms with Crippen molar-refractivity contribution in [3.63, 3.8) is 0 Å². The lowest BCUT2D eigenvalue weighted by Crippen LogP contribution is -1.99. The molecule has 2 N–H and O–H groups in total. The molecule has 0 saturated carbocycles. The quantitative estimate of drug-likeness (QED) is 0.828. The van der Waals surface area contributed by atoms with E-state index >= 15 is 0 Å². The lowest BCUT2D eigenvalue weighted by Gasteiger charge is -1.98. The number of nitrogens with zero attached hydrogens (tertiary/aromatic N) is 2. The number of aromatic amines is 1. The molecule has 2 aromatic rings. The molecule has 0 aliphatic carbocycles. The molecular weight excluding hydrogens is 309 g/mol. The van der Waals surface area contributed by atoms with E-state index in [1.54, 1.807) is 12.3 Å². The number of carboxylic acid groups (broad SMARTS) is 1. The highest BCUT2D eigenvalue weighted by Gasteiger charge is 2.14. The van der Waals surface area contributed by atoms with Crippen LogP contribution < -0.4 is 0 Å². The van der Waals surface area contributed by atoms with E-state index in [4.69, 9.17) is 5.11 Å². The smallest absolute Gasteiger partial charge is 0.354 e. The molecule has 6 heteroatoms. The average Bonchev–Trinajstić information content (AvgIpc) is 2.65. The first-order chi connectivity index (χ1) is 7.18. The van der Waals surface area contributed by atoms with Crippen molar-refractivity contribution in [3.8, 4) is 11.3 Å². The maximum absolute atomic E-state index is 10.8. The van der Waals surface area contributed by atoms with Gasteiger partial charge in [0.05, 0.1) is 17.5 Å². The Morgan fingerprint density at radius 2 is 2.33 bits per heavy atom. The second kappa shape index (κ2) is 3.97. The first-order valence-electron chi connectivity index (χ1n) is 4.07. The molecule has 76 valence electrons. The highest BCUT2D eigenvalue weighted by atomic mass is 127. The first-order valence-corrected chi connectivity index (χ1v) is 5.15. The minimum atomic E-state index is -1.04. The number of hydrogen-bond donors (Lipinski definition) is 2. The largest absolute Gasteiger partial charge is 0.477 e. The van der Waals surface area contributed by atoms with E-state index in [1.165, 1.54) is 6.20 Å². The lowest BCUT2D eigenvalue weighted by molar-refractivity contribution is 0.0691. The number of halogens is 1. The van der Waals surface area contributed by atoms with E-state index in [-0.39, 0.29) is 5.69 Å². The van der Waals surface area contributed by atoms with Gasteiger partial charge >= 0.3 is 5.97 Å². The predicted molar refractivity (Wildman–Crippen MR) is 61.5 cm³/mol. The number of rotatable bonds is 2. The minimum Gasteiger partial charge on any atom is -0.477 e. The van der Waals surface area contributed by atoms with Crippen molar-refractivity contribution in [3.05, 3.63) is 33.8 Å². The third-order valence-electron chi connectivity index (χ3n) is 1.85. The molecule has 0 fully saturated rings. The van der Waals surface area contributed by atoms with Gasteiger partial charge in [-0.3, -0.25) is 10.1 Å². The summed E-state index contributed by atoms with van der Waals surface area (Å²) in [5.74, 6) is -1.04. The van der Waals surface area contributed by atoms with Crippen molar-refractivity contribution >= 4 is 28.6 Å². The Bertz CT molecular complexity index is 510. The van der Waals surface area contributed by atoms with Crippen LogP contribution in [0.15, 0.2) is 24.5 Å². The van der Waals surface area contributed by atoms with Gasteiger partial charge in [-0.15, -0.1) is 0 Å². The van der Waals surface area contributed by atoms with Crippen molar-refractivity contribution < 1.29 is 9.90 Å². The minimum absolute atomic E-state index is 0.0597. The van der Waals surface area contributed by atoms with Crippen LogP contribution in [0.4, 0.5) is 0 Å². The summed E-state index contributed by atoms with van der Waals surface area (Å²) in [5, 5.41) is 15.0. The summed E-state index contributed by atoms with van der Waals surface area (Å²) in [5.41, 5.74) is 1.17. The number of nitrogens with one attached hydrogen (secondary N) is 1. The highest BCUT2D eigenvalue weighted by Crippen LogP contribution is 2.20. The lowest BCUT2D eigenvalue weighted by atomic mass is 10.1. The van der Waals surface area contributed by atoms with Gasteiger partial charge in [-0.1, -0.05) is 0 Å². The van der Waals surface area contributed by atoms with Gasteiger partial charge in [-0.25, -0.2) is 4.79 Å². The molecule has 0 radical (unpaired) electrons. The Morgan fingerprint density at radius 3 is 3.00 bits per heavy atom. The van der Waals surface area contributed by atoms with E-state index in [1.807, 2.05) is 6.07 Å². The van der Waals surface area contributed by atoms with Crippen molar-refractivity contribution in [1.29, 1.82) is 0 Å². The van der Waals surface area contributed by atoms with Crippen molar-refractivity contribution in [2.45, 2.75) is 0 Å². The summed E-state index contributed by atoms with van der Waals surface area (Å²) >= 11 is 2.14. The number of aromatic carboxylic acids is 1. The Hall–Kier alpha value is -1.44. The first kappa shape index (κ1) is 10.1. The molecule has 0 unspecified atom stereocenters. The van der Waals surface area contributed by atoms with E-state index in [0.29, 0.717) is 11.3 Å². The molecule has 2 aromatic heterocycles. The molecule has 0 aliphatic heterocycles.